The molecule has 0 unspecified atom stereocenters. The normalized spacial score (nSPS) is 31.8. The predicted molar refractivity (Wildman–Crippen MR) is 79.8 cm³/mol. The van der Waals surface area contributed by atoms with Gasteiger partial charge < -0.3 is 19.9 Å². The zero-order valence-corrected chi connectivity index (χ0v) is 13.7. The number of likely N-dealkylation sites (N-methyl/N-ethyl adjacent to an activating group) is 1. The average Bonchev–Trinajstić information content (AvgIpc) is 2.45. The summed E-state index contributed by atoms with van der Waals surface area (Å²) < 4.78 is 5.61. The number of methoxy groups -OCH3 is 1. The van der Waals surface area contributed by atoms with E-state index in [0.717, 1.165) is 13.0 Å². The van der Waals surface area contributed by atoms with Gasteiger partial charge in [0.15, 0.2) is 0 Å². The van der Waals surface area contributed by atoms with Crippen LogP contribution in [0, 0.1) is 5.41 Å². The van der Waals surface area contributed by atoms with Crippen LogP contribution >= 0.6 is 0 Å². The first kappa shape index (κ1) is 16.2. The summed E-state index contributed by atoms with van der Waals surface area (Å²) >= 11 is 0. The van der Waals surface area contributed by atoms with Crippen molar-refractivity contribution in [1.82, 2.24) is 15.1 Å². The van der Waals surface area contributed by atoms with E-state index in [-0.39, 0.29) is 35.4 Å². The first-order valence-electron chi connectivity index (χ1n) is 7.52. The molecule has 2 amide bonds. The molecule has 0 aromatic carbocycles. The highest BCUT2D eigenvalue weighted by Gasteiger charge is 2.59. The summed E-state index contributed by atoms with van der Waals surface area (Å²) in [5, 5.41) is 3.01. The lowest BCUT2D eigenvalue weighted by Crippen LogP contribution is -2.69. The molecule has 2 atom stereocenters. The summed E-state index contributed by atoms with van der Waals surface area (Å²) in [7, 11) is 3.55. The summed E-state index contributed by atoms with van der Waals surface area (Å²) in [5.74, 6) is -0.000854. The first-order valence-corrected chi connectivity index (χ1v) is 7.52. The highest BCUT2D eigenvalue weighted by atomic mass is 16.5. The molecule has 6 nitrogen and oxygen atoms in total. The molecule has 0 bridgehead atoms. The van der Waals surface area contributed by atoms with E-state index in [1.165, 1.54) is 0 Å². The number of hydrogen-bond acceptors (Lipinski definition) is 4. The maximum atomic E-state index is 12.4. The molecule has 6 heteroatoms. The van der Waals surface area contributed by atoms with E-state index in [1.807, 2.05) is 7.05 Å². The highest BCUT2D eigenvalue weighted by Crippen LogP contribution is 2.53. The molecule has 0 spiro atoms. The second-order valence-electron chi connectivity index (χ2n) is 6.87. The standard InChI is InChI=1S/C15H27N3O3/c1-14(2)11(8-15(14,3)21-5)17(4)13(20)10-18-7-6-16-9-12(18)19/h11,16H,6-10H2,1-5H3/t11-,15+/m0/s1. The second kappa shape index (κ2) is 5.57. The molecule has 1 aliphatic heterocycles. The Morgan fingerprint density at radius 2 is 2.14 bits per heavy atom. The Labute approximate surface area is 126 Å². The third-order valence-electron chi connectivity index (χ3n) is 5.60. The van der Waals surface area contributed by atoms with Gasteiger partial charge in [0, 0.05) is 38.7 Å². The second-order valence-corrected chi connectivity index (χ2v) is 6.87. The van der Waals surface area contributed by atoms with Gasteiger partial charge in [0.1, 0.15) is 0 Å². The van der Waals surface area contributed by atoms with Crippen molar-refractivity contribution in [2.75, 3.05) is 40.3 Å². The number of amides is 2. The van der Waals surface area contributed by atoms with Crippen LogP contribution in [0.2, 0.25) is 0 Å². The number of hydrogen-bond donors (Lipinski definition) is 1. The smallest absolute Gasteiger partial charge is 0.242 e. The topological polar surface area (TPSA) is 61.9 Å². The summed E-state index contributed by atoms with van der Waals surface area (Å²) in [6.07, 6.45) is 0.828. The molecular formula is C15H27N3O3. The molecule has 0 aromatic heterocycles. The largest absolute Gasteiger partial charge is 0.378 e. The van der Waals surface area contributed by atoms with Gasteiger partial charge in [-0.05, 0) is 13.3 Å². The van der Waals surface area contributed by atoms with Crippen molar-refractivity contribution in [1.29, 1.82) is 0 Å². The van der Waals surface area contributed by atoms with Crippen LogP contribution in [0.3, 0.4) is 0 Å². The molecule has 1 aliphatic carbocycles. The maximum absolute atomic E-state index is 12.4. The average molecular weight is 297 g/mol. The summed E-state index contributed by atoms with van der Waals surface area (Å²) in [6, 6.07) is 0.146. The molecule has 21 heavy (non-hydrogen) atoms. The van der Waals surface area contributed by atoms with Gasteiger partial charge in [0.05, 0.1) is 18.7 Å². The van der Waals surface area contributed by atoms with E-state index in [9.17, 15) is 9.59 Å². The van der Waals surface area contributed by atoms with Crippen LogP contribution in [0.25, 0.3) is 0 Å². The lowest BCUT2D eigenvalue weighted by molar-refractivity contribution is -0.207. The van der Waals surface area contributed by atoms with E-state index < -0.39 is 0 Å². The summed E-state index contributed by atoms with van der Waals surface area (Å²) in [4.78, 5) is 27.6. The van der Waals surface area contributed by atoms with E-state index in [1.54, 1.807) is 16.9 Å². The van der Waals surface area contributed by atoms with Gasteiger partial charge in [-0.15, -0.1) is 0 Å². The Kier molecular flexibility index (Phi) is 4.31. The van der Waals surface area contributed by atoms with Crippen LogP contribution in [0.4, 0.5) is 0 Å². The Morgan fingerprint density at radius 3 is 2.67 bits per heavy atom. The molecule has 2 rings (SSSR count). The molecule has 1 saturated heterocycles. The van der Waals surface area contributed by atoms with Crippen molar-refractivity contribution in [3.63, 3.8) is 0 Å². The van der Waals surface area contributed by atoms with E-state index in [0.29, 0.717) is 13.1 Å². The fourth-order valence-corrected chi connectivity index (χ4v) is 3.34. The van der Waals surface area contributed by atoms with Gasteiger partial charge in [0.25, 0.3) is 0 Å². The SMILES string of the molecule is CO[C@]1(C)C[C@H](N(C)C(=O)CN2CCNCC2=O)C1(C)C. The van der Waals surface area contributed by atoms with Crippen LogP contribution in [-0.2, 0) is 14.3 Å². The van der Waals surface area contributed by atoms with Crippen molar-refractivity contribution in [2.24, 2.45) is 5.41 Å². The number of carbonyl (C=O) groups excluding carboxylic acids is 2. The Morgan fingerprint density at radius 1 is 1.48 bits per heavy atom. The Hall–Kier alpha value is -1.14. The van der Waals surface area contributed by atoms with Gasteiger partial charge in [0.2, 0.25) is 11.8 Å². The predicted octanol–water partition coefficient (Wildman–Crippen LogP) is 0.0802. The first-order chi connectivity index (χ1) is 9.73. The third-order valence-corrected chi connectivity index (χ3v) is 5.60. The molecule has 0 radical (unpaired) electrons. The number of nitrogens with zero attached hydrogens (tertiary/aromatic N) is 2. The van der Waals surface area contributed by atoms with Crippen LogP contribution in [0.1, 0.15) is 27.2 Å². The number of piperazine rings is 1. The maximum Gasteiger partial charge on any atom is 0.242 e. The minimum absolute atomic E-state index is 0.00137. The Balaban J connectivity index is 1.96. The van der Waals surface area contributed by atoms with Gasteiger partial charge in [-0.1, -0.05) is 13.8 Å². The lowest BCUT2D eigenvalue weighted by Gasteiger charge is -2.61. The molecular weight excluding hydrogens is 270 g/mol. The van der Waals surface area contributed by atoms with Crippen LogP contribution in [0.5, 0.6) is 0 Å². The molecule has 1 heterocycles. The zero-order chi connectivity index (χ0) is 15.8. The lowest BCUT2D eigenvalue weighted by atomic mass is 9.55. The van der Waals surface area contributed by atoms with E-state index >= 15 is 0 Å². The minimum Gasteiger partial charge on any atom is -0.378 e. The molecule has 0 aromatic rings. The molecule has 2 fully saturated rings. The van der Waals surface area contributed by atoms with Gasteiger partial charge >= 0.3 is 0 Å². The van der Waals surface area contributed by atoms with Crippen molar-refractivity contribution in [3.05, 3.63) is 0 Å². The van der Waals surface area contributed by atoms with Crippen molar-refractivity contribution >= 4 is 11.8 Å². The molecule has 120 valence electrons. The van der Waals surface area contributed by atoms with Crippen LogP contribution < -0.4 is 5.32 Å². The molecule has 1 N–H and O–H groups in total. The quantitative estimate of drug-likeness (QED) is 0.798. The van der Waals surface area contributed by atoms with E-state index in [2.05, 4.69) is 26.1 Å². The third kappa shape index (κ3) is 2.66. The fourth-order valence-electron chi connectivity index (χ4n) is 3.34. The van der Waals surface area contributed by atoms with Crippen molar-refractivity contribution in [2.45, 2.75) is 38.8 Å². The number of ether oxygens (including phenoxy) is 1. The van der Waals surface area contributed by atoms with Crippen molar-refractivity contribution in [3.8, 4) is 0 Å². The Bertz CT molecular complexity index is 438. The van der Waals surface area contributed by atoms with Crippen LogP contribution in [-0.4, -0.2) is 73.6 Å². The van der Waals surface area contributed by atoms with E-state index in [4.69, 9.17) is 4.74 Å². The van der Waals surface area contributed by atoms with Crippen LogP contribution in [0.15, 0.2) is 0 Å². The highest BCUT2D eigenvalue weighted by molar-refractivity contribution is 5.86. The molecule has 2 aliphatic rings. The van der Waals surface area contributed by atoms with Crippen molar-refractivity contribution < 1.29 is 14.3 Å². The van der Waals surface area contributed by atoms with Gasteiger partial charge in [-0.3, -0.25) is 9.59 Å². The fraction of sp³-hybridized carbons (Fsp3) is 0.867. The van der Waals surface area contributed by atoms with Gasteiger partial charge in [-0.25, -0.2) is 0 Å². The van der Waals surface area contributed by atoms with Gasteiger partial charge in [-0.2, -0.15) is 0 Å². The summed E-state index contributed by atoms with van der Waals surface area (Å²) in [6.45, 7) is 8.19. The minimum atomic E-state index is -0.197. The zero-order valence-electron chi connectivity index (χ0n) is 13.7. The monoisotopic (exact) mass is 297 g/mol. The molecule has 1 saturated carbocycles. The number of rotatable bonds is 4. The number of nitrogens with one attached hydrogen (secondary N) is 1. The number of carbonyl (C=O) groups is 2. The summed E-state index contributed by atoms with van der Waals surface area (Å²) in [5.41, 5.74) is -0.295.